The molecule has 2 aliphatic heterocycles. The summed E-state index contributed by atoms with van der Waals surface area (Å²) in [6, 6.07) is 0.962. The number of carboxylic acids is 1. The van der Waals surface area contributed by atoms with Crippen molar-refractivity contribution in [3.63, 3.8) is 0 Å². The van der Waals surface area contributed by atoms with Gasteiger partial charge in [0.1, 0.15) is 0 Å². The third-order valence-corrected chi connectivity index (χ3v) is 5.50. The molecule has 0 radical (unpaired) electrons. The smallest absolute Gasteiger partial charge is 0.307 e. The maximum atomic E-state index is 12.1. The molecule has 2 aliphatic rings. The second-order valence-corrected chi connectivity index (χ2v) is 6.44. The number of carboxylic acid groups (broad SMARTS) is 1. The van der Waals surface area contributed by atoms with Crippen LogP contribution in [0.5, 0.6) is 0 Å². The third-order valence-electron chi connectivity index (χ3n) is 4.37. The topological polar surface area (TPSA) is 62.5 Å². The van der Waals surface area contributed by atoms with Crippen molar-refractivity contribution in [1.29, 1.82) is 0 Å². The van der Waals surface area contributed by atoms with Gasteiger partial charge in [0.05, 0.1) is 0 Å². The highest BCUT2D eigenvalue weighted by Crippen LogP contribution is 2.43. The molecule has 5 nitrogen and oxygen atoms in total. The van der Waals surface area contributed by atoms with E-state index in [0.717, 1.165) is 12.8 Å². The maximum Gasteiger partial charge on any atom is 0.307 e. The van der Waals surface area contributed by atoms with Crippen LogP contribution in [0.4, 0.5) is 0 Å². The summed E-state index contributed by atoms with van der Waals surface area (Å²) in [4.78, 5) is 26.3. The number of thiazole rings is 1. The second kappa shape index (κ2) is 4.76. The number of fused-ring (bicyclic) bond motifs is 4. The molecule has 2 atom stereocenters. The van der Waals surface area contributed by atoms with Crippen molar-refractivity contribution in [2.45, 2.75) is 50.7 Å². The van der Waals surface area contributed by atoms with Gasteiger partial charge < -0.3 is 9.67 Å². The number of carbonyl (C=O) groups is 1. The molecule has 1 fully saturated rings. The molecule has 104 valence electrons. The van der Waals surface area contributed by atoms with E-state index in [4.69, 9.17) is 5.11 Å². The Balaban J connectivity index is 1.86. The van der Waals surface area contributed by atoms with Crippen molar-refractivity contribution in [2.24, 2.45) is 0 Å². The zero-order valence-corrected chi connectivity index (χ0v) is 11.8. The van der Waals surface area contributed by atoms with E-state index in [1.807, 2.05) is 4.57 Å². The van der Waals surface area contributed by atoms with E-state index in [2.05, 4.69) is 11.9 Å². The minimum atomic E-state index is -0.794. The summed E-state index contributed by atoms with van der Waals surface area (Å²) in [7, 11) is 2.14. The lowest BCUT2D eigenvalue weighted by molar-refractivity contribution is -0.137. The van der Waals surface area contributed by atoms with E-state index in [-0.39, 0.29) is 11.3 Å². The zero-order valence-electron chi connectivity index (χ0n) is 11.0. The maximum absolute atomic E-state index is 12.1. The van der Waals surface area contributed by atoms with Crippen molar-refractivity contribution < 1.29 is 9.90 Å². The first-order valence-electron chi connectivity index (χ1n) is 6.74. The molecule has 6 heteroatoms. The molecule has 3 heterocycles. The average Bonchev–Trinajstić information content (AvgIpc) is 2.77. The van der Waals surface area contributed by atoms with Crippen LogP contribution < -0.4 is 4.87 Å². The van der Waals surface area contributed by atoms with E-state index >= 15 is 0 Å². The number of likely N-dealkylation sites (N-methyl/N-ethyl adjacent to an activating group) is 1. The lowest BCUT2D eigenvalue weighted by Crippen LogP contribution is -2.34. The van der Waals surface area contributed by atoms with Gasteiger partial charge in [-0.05, 0) is 26.3 Å². The van der Waals surface area contributed by atoms with Gasteiger partial charge in [0, 0.05) is 42.0 Å². The highest BCUT2D eigenvalue weighted by atomic mass is 32.1. The van der Waals surface area contributed by atoms with Crippen LogP contribution in [-0.4, -0.2) is 33.6 Å². The Labute approximate surface area is 115 Å². The van der Waals surface area contributed by atoms with Gasteiger partial charge >= 0.3 is 10.8 Å². The lowest BCUT2D eigenvalue weighted by Gasteiger charge is -2.31. The van der Waals surface area contributed by atoms with Gasteiger partial charge in [-0.3, -0.25) is 14.5 Å². The SMILES string of the molecule is CN1C2CCC1c1sc(=O)n(CCCC(=O)O)c1C2. The van der Waals surface area contributed by atoms with Crippen LogP contribution in [0.1, 0.15) is 42.3 Å². The Morgan fingerprint density at radius 1 is 1.47 bits per heavy atom. The van der Waals surface area contributed by atoms with Crippen LogP contribution in [0.3, 0.4) is 0 Å². The zero-order chi connectivity index (χ0) is 13.6. The summed E-state index contributed by atoms with van der Waals surface area (Å²) in [5.41, 5.74) is 1.17. The number of hydrogen-bond acceptors (Lipinski definition) is 4. The standard InChI is InChI=1S/C13H18N2O3S/c1-14-8-4-5-9(14)12-10(7-8)15(13(18)19-12)6-2-3-11(16)17/h8-9H,2-7H2,1H3,(H,16,17). The summed E-state index contributed by atoms with van der Waals surface area (Å²) in [5, 5.41) is 8.69. The van der Waals surface area contributed by atoms with Gasteiger partial charge in [-0.25, -0.2) is 0 Å². The molecule has 1 aromatic rings. The Hall–Kier alpha value is -1.14. The van der Waals surface area contributed by atoms with Gasteiger partial charge in [0.2, 0.25) is 0 Å². The van der Waals surface area contributed by atoms with Crippen LogP contribution in [0.25, 0.3) is 0 Å². The molecular weight excluding hydrogens is 264 g/mol. The van der Waals surface area contributed by atoms with Crippen LogP contribution in [0.2, 0.25) is 0 Å². The Morgan fingerprint density at radius 3 is 3.00 bits per heavy atom. The van der Waals surface area contributed by atoms with E-state index in [0.29, 0.717) is 25.0 Å². The van der Waals surface area contributed by atoms with Gasteiger partial charge in [-0.15, -0.1) is 0 Å². The predicted molar refractivity (Wildman–Crippen MR) is 72.7 cm³/mol. The monoisotopic (exact) mass is 282 g/mol. The highest BCUT2D eigenvalue weighted by molar-refractivity contribution is 7.09. The molecule has 1 saturated heterocycles. The summed E-state index contributed by atoms with van der Waals surface area (Å²) in [6.45, 7) is 0.542. The Morgan fingerprint density at radius 2 is 2.26 bits per heavy atom. The fourth-order valence-electron chi connectivity index (χ4n) is 3.33. The fraction of sp³-hybridized carbons (Fsp3) is 0.692. The lowest BCUT2D eigenvalue weighted by atomic mass is 10.1. The molecule has 2 bridgehead atoms. The van der Waals surface area contributed by atoms with Crippen molar-refractivity contribution in [2.75, 3.05) is 7.05 Å². The molecule has 0 spiro atoms. The molecule has 0 saturated carbocycles. The molecule has 1 N–H and O–H groups in total. The highest BCUT2D eigenvalue weighted by Gasteiger charge is 2.40. The minimum Gasteiger partial charge on any atom is -0.481 e. The summed E-state index contributed by atoms with van der Waals surface area (Å²) < 4.78 is 1.82. The van der Waals surface area contributed by atoms with Crippen LogP contribution in [0, 0.1) is 0 Å². The first kappa shape index (κ1) is 12.9. The average molecular weight is 282 g/mol. The number of hydrogen-bond donors (Lipinski definition) is 1. The number of aliphatic carboxylic acids is 1. The molecule has 0 amide bonds. The molecule has 0 aromatic carbocycles. The summed E-state index contributed by atoms with van der Waals surface area (Å²) >= 11 is 1.36. The van der Waals surface area contributed by atoms with Crippen LogP contribution >= 0.6 is 11.3 Å². The van der Waals surface area contributed by atoms with Gasteiger partial charge in [-0.2, -0.15) is 0 Å². The van der Waals surface area contributed by atoms with E-state index < -0.39 is 5.97 Å². The molecule has 19 heavy (non-hydrogen) atoms. The first-order valence-corrected chi connectivity index (χ1v) is 7.55. The normalized spacial score (nSPS) is 25.5. The largest absolute Gasteiger partial charge is 0.481 e. The van der Waals surface area contributed by atoms with Crippen molar-refractivity contribution in [1.82, 2.24) is 9.47 Å². The van der Waals surface area contributed by atoms with Crippen LogP contribution in [-0.2, 0) is 17.8 Å². The summed E-state index contributed by atoms with van der Waals surface area (Å²) in [6.07, 6.45) is 3.94. The quantitative estimate of drug-likeness (QED) is 0.908. The van der Waals surface area contributed by atoms with Crippen molar-refractivity contribution in [3.8, 4) is 0 Å². The number of nitrogens with zero attached hydrogens (tertiary/aromatic N) is 2. The Bertz CT molecular complexity index is 563. The third kappa shape index (κ3) is 2.12. The molecule has 0 aliphatic carbocycles. The van der Waals surface area contributed by atoms with E-state index in [1.165, 1.54) is 28.3 Å². The van der Waals surface area contributed by atoms with Crippen LogP contribution in [0.15, 0.2) is 4.79 Å². The van der Waals surface area contributed by atoms with Gasteiger partial charge in [-0.1, -0.05) is 11.3 Å². The van der Waals surface area contributed by atoms with Gasteiger partial charge in [0.25, 0.3) is 0 Å². The number of aromatic nitrogens is 1. The van der Waals surface area contributed by atoms with Gasteiger partial charge in [0.15, 0.2) is 0 Å². The Kier molecular flexibility index (Phi) is 3.22. The van der Waals surface area contributed by atoms with Crippen molar-refractivity contribution in [3.05, 3.63) is 20.2 Å². The molecular formula is C13H18N2O3S. The second-order valence-electron chi connectivity index (χ2n) is 5.44. The minimum absolute atomic E-state index is 0.0799. The first-order chi connectivity index (χ1) is 9.08. The molecule has 3 rings (SSSR count). The number of rotatable bonds is 4. The van der Waals surface area contributed by atoms with E-state index in [9.17, 15) is 9.59 Å². The molecule has 2 unspecified atom stereocenters. The van der Waals surface area contributed by atoms with Crippen molar-refractivity contribution >= 4 is 17.3 Å². The fourth-order valence-corrected chi connectivity index (χ4v) is 4.57. The molecule has 1 aromatic heterocycles. The predicted octanol–water partition coefficient (Wildman–Crippen LogP) is 1.47. The van der Waals surface area contributed by atoms with E-state index in [1.54, 1.807) is 0 Å². The summed E-state index contributed by atoms with van der Waals surface area (Å²) in [5.74, 6) is -0.794.